The summed E-state index contributed by atoms with van der Waals surface area (Å²) in [5.41, 5.74) is 8.63. The predicted molar refractivity (Wildman–Crippen MR) is 74.2 cm³/mol. The zero-order chi connectivity index (χ0) is 13.2. The second-order valence-corrected chi connectivity index (χ2v) is 5.19. The normalized spacial score (nSPS) is 14.4. The zero-order valence-electron chi connectivity index (χ0n) is 11.4. The van der Waals surface area contributed by atoms with Gasteiger partial charge in [0.05, 0.1) is 0 Å². The molecule has 0 fully saturated rings. The van der Waals surface area contributed by atoms with Gasteiger partial charge in [-0.25, -0.2) is 4.98 Å². The first-order valence-corrected chi connectivity index (χ1v) is 6.32. The maximum atomic E-state index is 6.47. The van der Waals surface area contributed by atoms with E-state index in [1.807, 2.05) is 36.1 Å². The monoisotopic (exact) mass is 243 g/mol. The Labute approximate surface area is 109 Å². The lowest BCUT2D eigenvalue weighted by Gasteiger charge is -2.27. The Balaban J connectivity index is 2.13. The van der Waals surface area contributed by atoms with Crippen molar-refractivity contribution in [1.29, 1.82) is 0 Å². The first kappa shape index (κ1) is 12.8. The molecule has 2 N–H and O–H groups in total. The summed E-state index contributed by atoms with van der Waals surface area (Å²) in [4.78, 5) is 4.34. The van der Waals surface area contributed by atoms with Crippen LogP contribution in [0.4, 0.5) is 0 Å². The number of nitrogens with zero attached hydrogens (tertiary/aromatic N) is 2. The average Bonchev–Trinajstić information content (AvgIpc) is 2.73. The van der Waals surface area contributed by atoms with Crippen LogP contribution in [0.3, 0.4) is 0 Å². The standard InChI is InChI=1S/C15H21N3/c1-12-6-4-5-7-13(12)15(2,16)9-8-14-17-10-11-18(14)3/h4-7,10-11H,8-9,16H2,1-3H3. The van der Waals surface area contributed by atoms with E-state index in [9.17, 15) is 0 Å². The minimum absolute atomic E-state index is 0.308. The number of imidazole rings is 1. The summed E-state index contributed by atoms with van der Waals surface area (Å²) in [6, 6.07) is 8.33. The molecule has 2 rings (SSSR count). The fraction of sp³-hybridized carbons (Fsp3) is 0.400. The molecule has 0 aliphatic heterocycles. The van der Waals surface area contributed by atoms with Gasteiger partial charge in [0.2, 0.25) is 0 Å². The summed E-state index contributed by atoms with van der Waals surface area (Å²) in [7, 11) is 2.02. The van der Waals surface area contributed by atoms with Crippen LogP contribution in [-0.4, -0.2) is 9.55 Å². The van der Waals surface area contributed by atoms with Crippen LogP contribution in [0.2, 0.25) is 0 Å². The van der Waals surface area contributed by atoms with Gasteiger partial charge in [0.25, 0.3) is 0 Å². The van der Waals surface area contributed by atoms with E-state index in [1.54, 1.807) is 0 Å². The number of nitrogens with two attached hydrogens (primary N) is 1. The summed E-state index contributed by atoms with van der Waals surface area (Å²) >= 11 is 0. The van der Waals surface area contributed by atoms with Gasteiger partial charge in [-0.05, 0) is 31.4 Å². The van der Waals surface area contributed by atoms with Crippen LogP contribution in [-0.2, 0) is 19.0 Å². The maximum absolute atomic E-state index is 6.47. The van der Waals surface area contributed by atoms with Gasteiger partial charge in [-0.15, -0.1) is 0 Å². The van der Waals surface area contributed by atoms with Gasteiger partial charge in [-0.2, -0.15) is 0 Å². The summed E-state index contributed by atoms with van der Waals surface area (Å²) in [5, 5.41) is 0. The molecule has 96 valence electrons. The summed E-state index contributed by atoms with van der Waals surface area (Å²) < 4.78 is 2.05. The molecule has 0 amide bonds. The van der Waals surface area contributed by atoms with Crippen LogP contribution >= 0.6 is 0 Å². The second-order valence-electron chi connectivity index (χ2n) is 5.19. The summed E-state index contributed by atoms with van der Waals surface area (Å²) in [6.07, 6.45) is 5.58. The van der Waals surface area contributed by atoms with Crippen molar-refractivity contribution in [1.82, 2.24) is 9.55 Å². The maximum Gasteiger partial charge on any atom is 0.108 e. The first-order chi connectivity index (χ1) is 8.50. The molecule has 3 heteroatoms. The molecule has 0 saturated heterocycles. The largest absolute Gasteiger partial charge is 0.338 e. The number of aryl methyl sites for hydroxylation is 3. The smallest absolute Gasteiger partial charge is 0.108 e. The van der Waals surface area contributed by atoms with Crippen LogP contribution in [0.1, 0.15) is 30.3 Å². The lowest BCUT2D eigenvalue weighted by atomic mass is 9.85. The molecule has 0 bridgehead atoms. The first-order valence-electron chi connectivity index (χ1n) is 6.32. The summed E-state index contributed by atoms with van der Waals surface area (Å²) in [6.45, 7) is 4.21. The topological polar surface area (TPSA) is 43.8 Å². The molecule has 1 heterocycles. The Morgan fingerprint density at radius 2 is 2.06 bits per heavy atom. The molecule has 2 aromatic rings. The Morgan fingerprint density at radius 1 is 1.33 bits per heavy atom. The molecular formula is C15H21N3. The quantitative estimate of drug-likeness (QED) is 0.896. The van der Waals surface area contributed by atoms with E-state index in [0.29, 0.717) is 0 Å². The molecule has 0 aliphatic rings. The second kappa shape index (κ2) is 4.94. The molecule has 1 aromatic heterocycles. The highest BCUT2D eigenvalue weighted by Crippen LogP contribution is 2.25. The van der Waals surface area contributed by atoms with E-state index in [4.69, 9.17) is 5.73 Å². The Hall–Kier alpha value is -1.61. The number of rotatable bonds is 4. The fourth-order valence-electron chi connectivity index (χ4n) is 2.36. The van der Waals surface area contributed by atoms with Crippen molar-refractivity contribution in [2.75, 3.05) is 0 Å². The molecule has 0 spiro atoms. The van der Waals surface area contributed by atoms with Gasteiger partial charge < -0.3 is 10.3 Å². The SMILES string of the molecule is Cc1ccccc1C(C)(N)CCc1nccn1C. The lowest BCUT2D eigenvalue weighted by Crippen LogP contribution is -2.34. The van der Waals surface area contributed by atoms with Crippen molar-refractivity contribution in [3.05, 3.63) is 53.6 Å². The highest BCUT2D eigenvalue weighted by molar-refractivity contribution is 5.31. The molecule has 1 unspecified atom stereocenters. The molecule has 1 atom stereocenters. The molecule has 1 aromatic carbocycles. The molecule has 18 heavy (non-hydrogen) atoms. The summed E-state index contributed by atoms with van der Waals surface area (Å²) in [5.74, 6) is 1.08. The average molecular weight is 243 g/mol. The third-order valence-electron chi connectivity index (χ3n) is 3.55. The van der Waals surface area contributed by atoms with Crippen molar-refractivity contribution in [3.63, 3.8) is 0 Å². The van der Waals surface area contributed by atoms with E-state index in [-0.39, 0.29) is 5.54 Å². The Bertz CT molecular complexity index is 526. The lowest BCUT2D eigenvalue weighted by molar-refractivity contribution is 0.442. The zero-order valence-corrected chi connectivity index (χ0v) is 11.4. The number of hydrogen-bond acceptors (Lipinski definition) is 2. The Morgan fingerprint density at radius 3 is 2.67 bits per heavy atom. The van der Waals surface area contributed by atoms with Gasteiger partial charge in [0.15, 0.2) is 0 Å². The van der Waals surface area contributed by atoms with Gasteiger partial charge >= 0.3 is 0 Å². The molecule has 0 saturated carbocycles. The van der Waals surface area contributed by atoms with E-state index in [2.05, 4.69) is 31.0 Å². The van der Waals surface area contributed by atoms with E-state index < -0.39 is 0 Å². The molecule has 0 radical (unpaired) electrons. The Kier molecular flexibility index (Phi) is 3.53. The van der Waals surface area contributed by atoms with Crippen molar-refractivity contribution in [3.8, 4) is 0 Å². The number of aromatic nitrogens is 2. The number of benzene rings is 1. The van der Waals surface area contributed by atoms with E-state index in [0.717, 1.165) is 18.7 Å². The minimum Gasteiger partial charge on any atom is -0.338 e. The van der Waals surface area contributed by atoms with Crippen LogP contribution in [0.15, 0.2) is 36.7 Å². The minimum atomic E-state index is -0.308. The molecular weight excluding hydrogens is 222 g/mol. The predicted octanol–water partition coefficient (Wildman–Crippen LogP) is 2.54. The molecule has 0 aliphatic carbocycles. The van der Waals surface area contributed by atoms with Gasteiger partial charge in [0.1, 0.15) is 5.82 Å². The van der Waals surface area contributed by atoms with Crippen LogP contribution in [0, 0.1) is 6.92 Å². The highest BCUT2D eigenvalue weighted by atomic mass is 15.0. The third kappa shape index (κ3) is 2.62. The van der Waals surface area contributed by atoms with Crippen LogP contribution in [0.25, 0.3) is 0 Å². The fourth-order valence-corrected chi connectivity index (χ4v) is 2.36. The van der Waals surface area contributed by atoms with Gasteiger partial charge in [-0.1, -0.05) is 24.3 Å². The third-order valence-corrected chi connectivity index (χ3v) is 3.55. The van der Waals surface area contributed by atoms with Crippen molar-refractivity contribution in [2.24, 2.45) is 12.8 Å². The van der Waals surface area contributed by atoms with Gasteiger partial charge in [-0.3, -0.25) is 0 Å². The van der Waals surface area contributed by atoms with E-state index in [1.165, 1.54) is 11.1 Å². The van der Waals surface area contributed by atoms with Crippen molar-refractivity contribution in [2.45, 2.75) is 32.2 Å². The van der Waals surface area contributed by atoms with E-state index >= 15 is 0 Å². The van der Waals surface area contributed by atoms with Crippen molar-refractivity contribution < 1.29 is 0 Å². The van der Waals surface area contributed by atoms with Crippen LogP contribution < -0.4 is 5.73 Å². The van der Waals surface area contributed by atoms with Gasteiger partial charge in [0, 0.05) is 31.4 Å². The molecule has 3 nitrogen and oxygen atoms in total. The van der Waals surface area contributed by atoms with Crippen LogP contribution in [0.5, 0.6) is 0 Å². The highest BCUT2D eigenvalue weighted by Gasteiger charge is 2.23. The van der Waals surface area contributed by atoms with Crippen molar-refractivity contribution >= 4 is 0 Å². The number of hydrogen-bond donors (Lipinski definition) is 1.